The van der Waals surface area contributed by atoms with E-state index in [1.807, 2.05) is 12.1 Å². The van der Waals surface area contributed by atoms with Crippen molar-refractivity contribution in [2.75, 3.05) is 20.3 Å². The molecule has 0 N–H and O–H groups in total. The van der Waals surface area contributed by atoms with Crippen LogP contribution in [0.15, 0.2) is 24.3 Å². The van der Waals surface area contributed by atoms with Crippen molar-refractivity contribution in [3.8, 4) is 5.75 Å². The predicted octanol–water partition coefficient (Wildman–Crippen LogP) is 1.91. The summed E-state index contributed by atoms with van der Waals surface area (Å²) in [6.07, 6.45) is 0.838. The predicted molar refractivity (Wildman–Crippen MR) is 56.3 cm³/mol. The van der Waals surface area contributed by atoms with E-state index < -0.39 is 0 Å². The van der Waals surface area contributed by atoms with Crippen molar-refractivity contribution in [1.29, 1.82) is 0 Å². The molecule has 0 aliphatic carbocycles. The third-order valence-electron chi connectivity index (χ3n) is 2.68. The van der Waals surface area contributed by atoms with Crippen LogP contribution >= 0.6 is 0 Å². The maximum Gasteiger partial charge on any atom is 0.168 e. The number of Topliss-reactive ketones (excluding diaryl/α,β-unsaturated/α-hetero) is 1. The van der Waals surface area contributed by atoms with Crippen molar-refractivity contribution in [2.24, 2.45) is 5.92 Å². The normalized spacial score (nSPS) is 20.2. The summed E-state index contributed by atoms with van der Waals surface area (Å²) < 4.78 is 10.2. The van der Waals surface area contributed by atoms with Crippen molar-refractivity contribution in [3.63, 3.8) is 0 Å². The highest BCUT2D eigenvalue weighted by Gasteiger charge is 2.24. The molecule has 1 aromatic carbocycles. The van der Waals surface area contributed by atoms with Crippen LogP contribution in [0.2, 0.25) is 0 Å². The van der Waals surface area contributed by atoms with E-state index in [4.69, 9.17) is 9.47 Å². The molecule has 1 fully saturated rings. The van der Waals surface area contributed by atoms with Crippen LogP contribution in [0.5, 0.6) is 5.75 Å². The average Bonchev–Trinajstić information content (AvgIpc) is 2.82. The van der Waals surface area contributed by atoms with Gasteiger partial charge in [-0.25, -0.2) is 0 Å². The second-order valence-electron chi connectivity index (χ2n) is 3.65. The SMILES string of the molecule is COc1ccc(C(=O)C2CCOC2)cc1. The van der Waals surface area contributed by atoms with E-state index in [0.717, 1.165) is 17.7 Å². The zero-order chi connectivity index (χ0) is 10.7. The molecule has 3 heteroatoms. The molecule has 1 aliphatic rings. The van der Waals surface area contributed by atoms with Gasteiger partial charge in [-0.1, -0.05) is 0 Å². The Morgan fingerprint density at radius 3 is 2.67 bits per heavy atom. The standard InChI is InChI=1S/C12H14O3/c1-14-11-4-2-9(3-5-11)12(13)10-6-7-15-8-10/h2-5,10H,6-8H2,1H3. The first-order valence-electron chi connectivity index (χ1n) is 5.07. The molecule has 0 amide bonds. The highest BCUT2D eigenvalue weighted by Crippen LogP contribution is 2.20. The fourth-order valence-corrected chi connectivity index (χ4v) is 1.73. The second-order valence-corrected chi connectivity index (χ2v) is 3.65. The van der Waals surface area contributed by atoms with E-state index in [1.165, 1.54) is 0 Å². The first-order valence-corrected chi connectivity index (χ1v) is 5.07. The lowest BCUT2D eigenvalue weighted by molar-refractivity contribution is 0.0900. The summed E-state index contributed by atoms with van der Waals surface area (Å²) in [6, 6.07) is 7.23. The van der Waals surface area contributed by atoms with Crippen LogP contribution in [0.1, 0.15) is 16.8 Å². The molecule has 1 aromatic rings. The number of rotatable bonds is 3. The number of carbonyl (C=O) groups is 1. The molecule has 80 valence electrons. The number of hydrogen-bond acceptors (Lipinski definition) is 3. The zero-order valence-electron chi connectivity index (χ0n) is 8.73. The molecule has 0 radical (unpaired) electrons. The first kappa shape index (κ1) is 10.2. The van der Waals surface area contributed by atoms with Gasteiger partial charge in [0.05, 0.1) is 13.7 Å². The quantitative estimate of drug-likeness (QED) is 0.709. The molecule has 0 saturated carbocycles. The summed E-state index contributed by atoms with van der Waals surface area (Å²) in [4.78, 5) is 11.9. The minimum absolute atomic E-state index is 0.0402. The molecule has 1 atom stereocenters. The number of hydrogen-bond donors (Lipinski definition) is 0. The molecule has 1 unspecified atom stereocenters. The van der Waals surface area contributed by atoms with Gasteiger partial charge < -0.3 is 9.47 Å². The monoisotopic (exact) mass is 206 g/mol. The Morgan fingerprint density at radius 2 is 2.13 bits per heavy atom. The van der Waals surface area contributed by atoms with Gasteiger partial charge in [0, 0.05) is 18.1 Å². The summed E-state index contributed by atoms with van der Waals surface area (Å²) in [5, 5.41) is 0. The van der Waals surface area contributed by atoms with Gasteiger partial charge in [0.2, 0.25) is 0 Å². The topological polar surface area (TPSA) is 35.5 Å². The van der Waals surface area contributed by atoms with Gasteiger partial charge in [-0.15, -0.1) is 0 Å². The average molecular weight is 206 g/mol. The first-order chi connectivity index (χ1) is 7.31. The molecule has 3 nitrogen and oxygen atoms in total. The summed E-state index contributed by atoms with van der Waals surface area (Å²) >= 11 is 0. The zero-order valence-corrected chi connectivity index (χ0v) is 8.73. The van der Waals surface area contributed by atoms with Gasteiger partial charge in [-0.2, -0.15) is 0 Å². The maximum absolute atomic E-state index is 11.9. The van der Waals surface area contributed by atoms with Crippen LogP contribution in [0, 0.1) is 5.92 Å². The van der Waals surface area contributed by atoms with Gasteiger partial charge >= 0.3 is 0 Å². The van der Waals surface area contributed by atoms with Crippen LogP contribution in [0.4, 0.5) is 0 Å². The molecular weight excluding hydrogens is 192 g/mol. The summed E-state index contributed by atoms with van der Waals surface area (Å²) in [5.41, 5.74) is 0.742. The third-order valence-corrected chi connectivity index (χ3v) is 2.68. The molecule has 0 bridgehead atoms. The van der Waals surface area contributed by atoms with Crippen molar-refractivity contribution < 1.29 is 14.3 Å². The smallest absolute Gasteiger partial charge is 0.168 e. The molecule has 0 spiro atoms. The number of carbonyl (C=O) groups excluding carboxylic acids is 1. The van der Waals surface area contributed by atoms with E-state index in [0.29, 0.717) is 13.2 Å². The van der Waals surface area contributed by atoms with Crippen molar-refractivity contribution in [3.05, 3.63) is 29.8 Å². The van der Waals surface area contributed by atoms with Crippen LogP contribution in [0.3, 0.4) is 0 Å². The third kappa shape index (κ3) is 2.18. The minimum Gasteiger partial charge on any atom is -0.497 e. The van der Waals surface area contributed by atoms with Gasteiger partial charge in [0.1, 0.15) is 5.75 Å². The Labute approximate surface area is 89.0 Å². The van der Waals surface area contributed by atoms with Crippen LogP contribution in [-0.2, 0) is 4.74 Å². The van der Waals surface area contributed by atoms with Crippen LogP contribution in [0.25, 0.3) is 0 Å². The maximum atomic E-state index is 11.9. The highest BCUT2D eigenvalue weighted by atomic mass is 16.5. The second kappa shape index (κ2) is 4.45. The van der Waals surface area contributed by atoms with E-state index in [9.17, 15) is 4.79 Å². The van der Waals surface area contributed by atoms with E-state index >= 15 is 0 Å². The highest BCUT2D eigenvalue weighted by molar-refractivity contribution is 5.98. The molecule has 2 rings (SSSR count). The van der Waals surface area contributed by atoms with Crippen molar-refractivity contribution in [2.45, 2.75) is 6.42 Å². The largest absolute Gasteiger partial charge is 0.497 e. The van der Waals surface area contributed by atoms with E-state index in [2.05, 4.69) is 0 Å². The van der Waals surface area contributed by atoms with Gasteiger partial charge in [-0.05, 0) is 30.7 Å². The Balaban J connectivity index is 2.11. The van der Waals surface area contributed by atoms with Crippen molar-refractivity contribution >= 4 is 5.78 Å². The summed E-state index contributed by atoms with van der Waals surface area (Å²) in [7, 11) is 1.61. The lowest BCUT2D eigenvalue weighted by atomic mass is 9.97. The summed E-state index contributed by atoms with van der Waals surface area (Å²) in [6.45, 7) is 1.26. The minimum atomic E-state index is 0.0402. The Kier molecular flexibility index (Phi) is 3.02. The fourth-order valence-electron chi connectivity index (χ4n) is 1.73. The van der Waals surface area contributed by atoms with Crippen LogP contribution < -0.4 is 4.74 Å². The van der Waals surface area contributed by atoms with Gasteiger partial charge in [0.15, 0.2) is 5.78 Å². The van der Waals surface area contributed by atoms with Crippen molar-refractivity contribution in [1.82, 2.24) is 0 Å². The number of ether oxygens (including phenoxy) is 2. The Bertz CT molecular complexity index is 336. The molecule has 15 heavy (non-hydrogen) atoms. The number of benzene rings is 1. The van der Waals surface area contributed by atoms with E-state index in [1.54, 1.807) is 19.2 Å². The molecular formula is C12H14O3. The fraction of sp³-hybridized carbons (Fsp3) is 0.417. The molecule has 1 heterocycles. The van der Waals surface area contributed by atoms with Gasteiger partial charge in [0.25, 0.3) is 0 Å². The van der Waals surface area contributed by atoms with Crippen LogP contribution in [-0.4, -0.2) is 26.1 Å². The molecule has 1 aliphatic heterocycles. The lowest BCUT2D eigenvalue weighted by Crippen LogP contribution is -2.14. The Hall–Kier alpha value is -1.35. The molecule has 0 aromatic heterocycles. The van der Waals surface area contributed by atoms with E-state index in [-0.39, 0.29) is 11.7 Å². The number of methoxy groups -OCH3 is 1. The number of ketones is 1. The molecule has 1 saturated heterocycles. The Morgan fingerprint density at radius 1 is 1.40 bits per heavy atom. The van der Waals surface area contributed by atoms with Gasteiger partial charge in [-0.3, -0.25) is 4.79 Å². The lowest BCUT2D eigenvalue weighted by Gasteiger charge is -2.06. The summed E-state index contributed by atoms with van der Waals surface area (Å²) in [5.74, 6) is 0.989.